The highest BCUT2D eigenvalue weighted by Crippen LogP contribution is 1.97. The van der Waals surface area contributed by atoms with E-state index in [0.29, 0.717) is 0 Å². The van der Waals surface area contributed by atoms with Gasteiger partial charge in [0.05, 0.1) is 6.61 Å². The molecule has 0 aromatic heterocycles. The third-order valence-electron chi connectivity index (χ3n) is 0.458. The molecule has 0 aromatic rings. The molecule has 2 heteroatoms. The van der Waals surface area contributed by atoms with Gasteiger partial charge in [0, 0.05) is 5.33 Å². The lowest BCUT2D eigenvalue weighted by molar-refractivity contribution is 0.189. The van der Waals surface area contributed by atoms with Gasteiger partial charge in [0.15, 0.2) is 0 Å². The van der Waals surface area contributed by atoms with Crippen LogP contribution in [-0.2, 0) is 5.11 Å². The fourth-order valence-electron chi connectivity index (χ4n) is 0.160. The molecular weight excluding hydrogens is 144 g/mol. The summed E-state index contributed by atoms with van der Waals surface area (Å²) < 4.78 is 0. The maximum Gasteiger partial charge on any atom is 0.0822 e. The van der Waals surface area contributed by atoms with Crippen molar-refractivity contribution in [1.82, 2.24) is 0 Å². The minimum atomic E-state index is 0.0437. The van der Waals surface area contributed by atoms with Crippen LogP contribution in [0, 0.1) is 5.33 Å². The van der Waals surface area contributed by atoms with E-state index >= 15 is 0 Å². The van der Waals surface area contributed by atoms with Crippen LogP contribution in [0.4, 0.5) is 0 Å². The number of halogens is 1. The number of hydrogen-bond acceptors (Lipinski definition) is 0. The number of hydrogen-bond donors (Lipinski definition) is 0. The van der Waals surface area contributed by atoms with E-state index in [2.05, 4.69) is 15.9 Å². The van der Waals surface area contributed by atoms with Crippen molar-refractivity contribution < 1.29 is 5.11 Å². The lowest BCUT2D eigenvalue weighted by Gasteiger charge is -1.82. The Balaban J connectivity index is 2.34. The van der Waals surface area contributed by atoms with Gasteiger partial charge < -0.3 is 0 Å². The molecule has 0 N–H and O–H groups in total. The highest BCUT2D eigenvalue weighted by Gasteiger charge is 1.79. The first kappa shape index (κ1) is 6.44. The van der Waals surface area contributed by atoms with Crippen LogP contribution in [0.15, 0.2) is 0 Å². The summed E-state index contributed by atoms with van der Waals surface area (Å²) in [7, 11) is 0. The van der Waals surface area contributed by atoms with Crippen molar-refractivity contribution in [3.05, 3.63) is 5.33 Å². The SMILES string of the molecule is [O]CCC[CH]Br. The van der Waals surface area contributed by atoms with Crippen LogP contribution in [0.25, 0.3) is 0 Å². The quantitative estimate of drug-likeness (QED) is 0.547. The van der Waals surface area contributed by atoms with Crippen LogP contribution < -0.4 is 0 Å². The molecule has 0 aliphatic rings. The van der Waals surface area contributed by atoms with E-state index in [4.69, 9.17) is 0 Å². The lowest BCUT2D eigenvalue weighted by atomic mass is 10.4. The van der Waals surface area contributed by atoms with Gasteiger partial charge in [-0.3, -0.25) is 0 Å². The van der Waals surface area contributed by atoms with Crippen molar-refractivity contribution >= 4 is 15.9 Å². The fraction of sp³-hybridized carbons (Fsp3) is 0.750. The van der Waals surface area contributed by atoms with Crippen LogP contribution in [0.2, 0.25) is 0 Å². The Morgan fingerprint density at radius 2 is 2.33 bits per heavy atom. The predicted octanol–water partition coefficient (Wildman–Crippen LogP) is 1.75. The van der Waals surface area contributed by atoms with Crippen LogP contribution >= 0.6 is 15.9 Å². The molecule has 0 amide bonds. The van der Waals surface area contributed by atoms with Gasteiger partial charge in [0.2, 0.25) is 0 Å². The average molecular weight is 151 g/mol. The molecule has 0 fully saturated rings. The second-order valence-corrected chi connectivity index (χ2v) is 1.65. The zero-order chi connectivity index (χ0) is 4.83. The number of unbranched alkanes of at least 4 members (excludes halogenated alkanes) is 1. The van der Waals surface area contributed by atoms with Gasteiger partial charge in [-0.05, 0) is 12.8 Å². The maximum atomic E-state index is 9.65. The van der Waals surface area contributed by atoms with Crippen molar-refractivity contribution in [2.24, 2.45) is 0 Å². The third kappa shape index (κ3) is 4.44. The summed E-state index contributed by atoms with van der Waals surface area (Å²) in [5, 5.41) is 11.5. The molecule has 0 bridgehead atoms. The van der Waals surface area contributed by atoms with Gasteiger partial charge in [-0.25, -0.2) is 5.11 Å². The van der Waals surface area contributed by atoms with Crippen LogP contribution in [0.1, 0.15) is 12.8 Å². The predicted molar refractivity (Wildman–Crippen MR) is 28.0 cm³/mol. The molecule has 0 unspecified atom stereocenters. The molecule has 0 spiro atoms. The summed E-state index contributed by atoms with van der Waals surface area (Å²) in [6.07, 6.45) is 1.65. The molecular formula is C4H7BrO. The Bertz CT molecular complexity index is 19.5. The first-order valence-corrected chi connectivity index (χ1v) is 2.83. The summed E-state index contributed by atoms with van der Waals surface area (Å²) >= 11 is 3.09. The van der Waals surface area contributed by atoms with E-state index in [9.17, 15) is 5.11 Å². The second kappa shape index (κ2) is 5.44. The average Bonchev–Trinajstić information content (AvgIpc) is 1.61. The summed E-state index contributed by atoms with van der Waals surface area (Å²) in [5.74, 6) is 0. The molecule has 0 heterocycles. The van der Waals surface area contributed by atoms with Crippen molar-refractivity contribution in [2.45, 2.75) is 12.8 Å². The molecule has 2 radical (unpaired) electrons. The first-order valence-electron chi connectivity index (χ1n) is 1.92. The summed E-state index contributed by atoms with van der Waals surface area (Å²) in [6.45, 7) is 0.0437. The maximum absolute atomic E-state index is 9.65. The molecule has 0 saturated heterocycles. The molecule has 0 atom stereocenters. The monoisotopic (exact) mass is 150 g/mol. The van der Waals surface area contributed by atoms with E-state index in [1.807, 2.05) is 5.33 Å². The van der Waals surface area contributed by atoms with Gasteiger partial charge in [0.1, 0.15) is 0 Å². The van der Waals surface area contributed by atoms with E-state index in [-0.39, 0.29) is 6.61 Å². The molecule has 6 heavy (non-hydrogen) atoms. The minimum absolute atomic E-state index is 0.0437. The summed E-state index contributed by atoms with van der Waals surface area (Å²) in [5.41, 5.74) is 0. The first-order chi connectivity index (χ1) is 2.91. The van der Waals surface area contributed by atoms with Crippen LogP contribution in [-0.4, -0.2) is 6.61 Å². The summed E-state index contributed by atoms with van der Waals surface area (Å²) in [4.78, 5) is 0. The third-order valence-corrected chi connectivity index (χ3v) is 0.915. The van der Waals surface area contributed by atoms with E-state index < -0.39 is 0 Å². The molecule has 0 rings (SSSR count). The lowest BCUT2D eigenvalue weighted by Crippen LogP contribution is -1.75. The Labute approximate surface area is 46.5 Å². The highest BCUT2D eigenvalue weighted by molar-refractivity contribution is 9.10. The fourth-order valence-corrected chi connectivity index (χ4v) is 0.484. The van der Waals surface area contributed by atoms with Crippen molar-refractivity contribution in [3.63, 3.8) is 0 Å². The van der Waals surface area contributed by atoms with Crippen molar-refractivity contribution in [3.8, 4) is 0 Å². The van der Waals surface area contributed by atoms with Crippen LogP contribution in [0.5, 0.6) is 0 Å². The zero-order valence-electron chi connectivity index (χ0n) is 3.48. The molecule has 0 saturated carbocycles. The van der Waals surface area contributed by atoms with Gasteiger partial charge in [-0.15, -0.1) is 0 Å². The van der Waals surface area contributed by atoms with Crippen molar-refractivity contribution in [2.75, 3.05) is 6.61 Å². The van der Waals surface area contributed by atoms with E-state index in [1.54, 1.807) is 0 Å². The van der Waals surface area contributed by atoms with Gasteiger partial charge in [0.25, 0.3) is 0 Å². The highest BCUT2D eigenvalue weighted by atomic mass is 79.9. The topological polar surface area (TPSA) is 19.9 Å². The number of rotatable bonds is 3. The Morgan fingerprint density at radius 3 is 2.50 bits per heavy atom. The molecule has 0 aliphatic heterocycles. The van der Waals surface area contributed by atoms with Crippen molar-refractivity contribution in [1.29, 1.82) is 0 Å². The van der Waals surface area contributed by atoms with Gasteiger partial charge >= 0.3 is 0 Å². The normalized spacial score (nSPS) is 9.00. The van der Waals surface area contributed by atoms with Gasteiger partial charge in [-0.2, -0.15) is 0 Å². The second-order valence-electron chi connectivity index (χ2n) is 1.00. The van der Waals surface area contributed by atoms with E-state index in [1.165, 1.54) is 0 Å². The standard InChI is InChI=1S/C4H7BrO/c5-3-1-2-4-6/h3H,1-2,4H2. The molecule has 0 aromatic carbocycles. The molecule has 36 valence electrons. The zero-order valence-corrected chi connectivity index (χ0v) is 5.07. The van der Waals surface area contributed by atoms with Crippen LogP contribution in [0.3, 0.4) is 0 Å². The van der Waals surface area contributed by atoms with E-state index in [0.717, 1.165) is 12.8 Å². The Morgan fingerprint density at radius 1 is 1.67 bits per heavy atom. The van der Waals surface area contributed by atoms with Gasteiger partial charge in [-0.1, -0.05) is 15.9 Å². The Kier molecular flexibility index (Phi) is 5.84. The largest absolute Gasteiger partial charge is 0.237 e. The summed E-state index contributed by atoms with van der Waals surface area (Å²) in [6, 6.07) is 0. The Hall–Kier alpha value is 0.440. The molecule has 0 aliphatic carbocycles. The smallest absolute Gasteiger partial charge is 0.0822 e. The minimum Gasteiger partial charge on any atom is -0.237 e. The molecule has 1 nitrogen and oxygen atoms in total.